The van der Waals surface area contributed by atoms with Crippen LogP contribution < -0.4 is 21.3 Å². The van der Waals surface area contributed by atoms with E-state index in [4.69, 9.17) is 0 Å². The van der Waals surface area contributed by atoms with Gasteiger partial charge in [-0.1, -0.05) is 73.6 Å². The highest BCUT2D eigenvalue weighted by Gasteiger charge is 2.48. The van der Waals surface area contributed by atoms with Crippen molar-refractivity contribution < 1.29 is 29.1 Å². The van der Waals surface area contributed by atoms with Crippen LogP contribution in [0.4, 0.5) is 0 Å². The number of ketones is 1. The van der Waals surface area contributed by atoms with E-state index in [-0.39, 0.29) is 35.4 Å². The van der Waals surface area contributed by atoms with Crippen LogP contribution in [0.1, 0.15) is 124 Å². The number of amides is 4. The lowest BCUT2D eigenvalue weighted by atomic mass is 9.81. The summed E-state index contributed by atoms with van der Waals surface area (Å²) in [5, 5.41) is 22.7. The lowest BCUT2D eigenvalue weighted by Crippen LogP contribution is -2.62. The molecular formula is C37H59N7O6. The molecule has 13 nitrogen and oxygen atoms in total. The minimum Gasteiger partial charge on any atom is -0.373 e. The molecule has 7 atom stereocenters. The van der Waals surface area contributed by atoms with E-state index in [1.54, 1.807) is 4.90 Å². The van der Waals surface area contributed by atoms with Crippen molar-refractivity contribution in [1.82, 2.24) is 36.1 Å². The zero-order valence-electron chi connectivity index (χ0n) is 30.7. The minimum absolute atomic E-state index is 0.00916. The molecule has 0 bridgehead atoms. The third-order valence-corrected chi connectivity index (χ3v) is 10.7. The first-order valence-electron chi connectivity index (χ1n) is 18.7. The zero-order chi connectivity index (χ0) is 36.6. The fourth-order valence-corrected chi connectivity index (χ4v) is 7.40. The molecule has 2 aliphatic carbocycles. The topological polar surface area (TPSA) is 183 Å². The summed E-state index contributed by atoms with van der Waals surface area (Å²) in [5.41, 5.74) is -0.443. The predicted octanol–water partition coefficient (Wildman–Crippen LogP) is 2.93. The van der Waals surface area contributed by atoms with E-state index in [1.165, 1.54) is 18.6 Å². The Hall–Kier alpha value is -3.45. The first-order chi connectivity index (χ1) is 23.8. The van der Waals surface area contributed by atoms with Gasteiger partial charge in [0.05, 0.1) is 18.3 Å². The van der Waals surface area contributed by atoms with E-state index in [1.807, 2.05) is 34.6 Å². The first-order valence-corrected chi connectivity index (χ1v) is 18.7. The molecule has 0 spiro atoms. The van der Waals surface area contributed by atoms with Crippen molar-refractivity contribution in [2.24, 2.45) is 23.2 Å². The molecule has 2 heterocycles. The maximum absolute atomic E-state index is 14.6. The molecule has 2 unspecified atom stereocenters. The summed E-state index contributed by atoms with van der Waals surface area (Å²) in [6, 6.07) is -3.64. The summed E-state index contributed by atoms with van der Waals surface area (Å²) >= 11 is 0. The van der Waals surface area contributed by atoms with Crippen LogP contribution >= 0.6 is 0 Å². The Balaban J connectivity index is 1.58. The smallest absolute Gasteiger partial charge is 0.289 e. The average Bonchev–Trinajstić information content (AvgIpc) is 3.81. The van der Waals surface area contributed by atoms with E-state index in [0.29, 0.717) is 25.8 Å². The minimum atomic E-state index is -1.24. The highest BCUT2D eigenvalue weighted by molar-refractivity contribution is 6.38. The highest BCUT2D eigenvalue weighted by atomic mass is 16.3. The summed E-state index contributed by atoms with van der Waals surface area (Å²) in [6.45, 7) is 11.9. The maximum atomic E-state index is 14.6. The fourth-order valence-electron chi connectivity index (χ4n) is 7.40. The molecule has 50 heavy (non-hydrogen) atoms. The predicted molar refractivity (Wildman–Crippen MR) is 188 cm³/mol. The van der Waals surface area contributed by atoms with Crippen molar-refractivity contribution in [3.63, 3.8) is 0 Å². The third-order valence-electron chi connectivity index (χ3n) is 10.7. The number of hydrogen-bond acceptors (Lipinski definition) is 9. The van der Waals surface area contributed by atoms with Crippen LogP contribution in [-0.4, -0.2) is 86.1 Å². The Morgan fingerprint density at radius 1 is 0.980 bits per heavy atom. The number of likely N-dealkylation sites (tertiary alicyclic amines) is 1. The molecule has 3 aliphatic rings. The van der Waals surface area contributed by atoms with Gasteiger partial charge in [-0.3, -0.25) is 39.3 Å². The molecule has 1 aromatic heterocycles. The second kappa shape index (κ2) is 17.7. The van der Waals surface area contributed by atoms with Gasteiger partial charge in [-0.15, -0.1) is 0 Å². The van der Waals surface area contributed by atoms with Gasteiger partial charge in [0.25, 0.3) is 5.91 Å². The van der Waals surface area contributed by atoms with Crippen molar-refractivity contribution in [1.29, 1.82) is 0 Å². The normalized spacial score (nSPS) is 22.9. The number of aliphatic hydroxyl groups excluding tert-OH is 1. The Bertz CT molecular complexity index is 1330. The lowest BCUT2D eigenvalue weighted by Gasteiger charge is -2.39. The van der Waals surface area contributed by atoms with E-state index >= 15 is 0 Å². The number of hydrogen-bond donors (Lipinski definition) is 5. The molecule has 0 radical (unpaired) electrons. The van der Waals surface area contributed by atoms with Gasteiger partial charge >= 0.3 is 0 Å². The van der Waals surface area contributed by atoms with Crippen LogP contribution in [0.2, 0.25) is 0 Å². The van der Waals surface area contributed by atoms with Crippen molar-refractivity contribution in [3.8, 4) is 0 Å². The molecule has 1 aromatic rings. The quantitative estimate of drug-likeness (QED) is 0.128. The first kappa shape index (κ1) is 39.3. The number of carbonyl (C=O) groups excluding carboxylic acids is 5. The largest absolute Gasteiger partial charge is 0.373 e. The SMILES string of the molecule is CCC[C@H](NC(=O)[C@@H]1[C@@H](C(C)CC)CCN1C(=O)[C@H](NC(=O)[C@H](NC(O)c1cnccn1)C1CCCCC1)C(C)(C)C)C(=O)C(=O)NC1CC1. The molecule has 3 fully saturated rings. The molecule has 2 saturated carbocycles. The van der Waals surface area contributed by atoms with Crippen LogP contribution in [-0.2, 0) is 24.0 Å². The second-order valence-electron chi connectivity index (χ2n) is 15.7. The molecule has 1 saturated heterocycles. The molecule has 5 N–H and O–H groups in total. The number of aromatic nitrogens is 2. The van der Waals surface area contributed by atoms with Crippen molar-refractivity contribution >= 4 is 29.4 Å². The van der Waals surface area contributed by atoms with Crippen LogP contribution in [0.5, 0.6) is 0 Å². The molecule has 13 heteroatoms. The fraction of sp³-hybridized carbons (Fsp3) is 0.757. The van der Waals surface area contributed by atoms with Gasteiger partial charge in [0.15, 0.2) is 0 Å². The van der Waals surface area contributed by atoms with Crippen molar-refractivity contribution in [3.05, 3.63) is 24.3 Å². The van der Waals surface area contributed by atoms with Crippen LogP contribution in [0.15, 0.2) is 18.6 Å². The van der Waals surface area contributed by atoms with Gasteiger partial charge < -0.3 is 26.0 Å². The van der Waals surface area contributed by atoms with Gasteiger partial charge in [0, 0.05) is 25.0 Å². The third kappa shape index (κ3) is 10.1. The van der Waals surface area contributed by atoms with Crippen LogP contribution in [0, 0.1) is 23.2 Å². The van der Waals surface area contributed by atoms with E-state index in [2.05, 4.69) is 38.2 Å². The Morgan fingerprint density at radius 2 is 1.68 bits per heavy atom. The summed E-state index contributed by atoms with van der Waals surface area (Å²) in [7, 11) is 0. The summed E-state index contributed by atoms with van der Waals surface area (Å²) in [5.74, 6) is -2.72. The van der Waals surface area contributed by atoms with E-state index in [0.717, 1.165) is 51.4 Å². The van der Waals surface area contributed by atoms with Gasteiger partial charge in [-0.25, -0.2) is 0 Å². The summed E-state index contributed by atoms with van der Waals surface area (Å²) < 4.78 is 0. The number of Topliss-reactive ketones (excluding diaryl/α,β-unsaturated/α-hetero) is 1. The number of carbonyl (C=O) groups is 5. The molecule has 1 aliphatic heterocycles. The lowest BCUT2D eigenvalue weighted by molar-refractivity contribution is -0.146. The second-order valence-corrected chi connectivity index (χ2v) is 15.7. The Morgan fingerprint density at radius 3 is 2.26 bits per heavy atom. The molecular weight excluding hydrogens is 638 g/mol. The van der Waals surface area contributed by atoms with Gasteiger partial charge in [0.2, 0.25) is 23.5 Å². The Labute approximate surface area is 296 Å². The average molecular weight is 698 g/mol. The van der Waals surface area contributed by atoms with Crippen LogP contribution in [0.3, 0.4) is 0 Å². The number of rotatable bonds is 16. The molecule has 278 valence electrons. The molecule has 4 rings (SSSR count). The van der Waals surface area contributed by atoms with E-state index in [9.17, 15) is 29.1 Å². The number of nitrogens with zero attached hydrogens (tertiary/aromatic N) is 3. The zero-order valence-corrected chi connectivity index (χ0v) is 30.7. The summed E-state index contributed by atoms with van der Waals surface area (Å²) in [6.07, 6.45) is 11.7. The van der Waals surface area contributed by atoms with E-state index < -0.39 is 59.3 Å². The molecule has 0 aromatic carbocycles. The Kier molecular flexibility index (Phi) is 13.9. The summed E-state index contributed by atoms with van der Waals surface area (Å²) in [4.78, 5) is 78.7. The van der Waals surface area contributed by atoms with Crippen molar-refractivity contribution in [2.75, 3.05) is 6.54 Å². The van der Waals surface area contributed by atoms with Gasteiger partial charge in [-0.2, -0.15) is 0 Å². The standard InChI is InChI=1S/C37H59N7O6/c1-7-12-26(30(45)35(49)40-24-15-16-24)41-34(48)29-25(22(3)8-2)17-20-44(29)36(50)31(37(4,5)6)43-33(47)28(23-13-10-9-11-14-23)42-32(46)27-21-38-18-19-39-27/h18-19,21-26,28-29,31-32,42,46H,7-17,20H2,1-6H3,(H,40,49)(H,41,48)(H,43,47)/t22?,25-,26+,28-,29+,31+,32?/m1/s1. The highest BCUT2D eigenvalue weighted by Crippen LogP contribution is 2.35. The van der Waals surface area contributed by atoms with Crippen LogP contribution in [0.25, 0.3) is 0 Å². The number of aliphatic hydroxyl groups is 1. The number of nitrogens with one attached hydrogen (secondary N) is 4. The van der Waals surface area contributed by atoms with Crippen molar-refractivity contribution in [2.45, 2.75) is 149 Å². The monoisotopic (exact) mass is 697 g/mol. The van der Waals surface area contributed by atoms with Gasteiger partial charge in [0.1, 0.15) is 24.0 Å². The molecule has 4 amide bonds. The maximum Gasteiger partial charge on any atom is 0.289 e. The van der Waals surface area contributed by atoms with Gasteiger partial charge in [-0.05, 0) is 61.7 Å².